The van der Waals surface area contributed by atoms with Crippen molar-refractivity contribution in [3.05, 3.63) is 28.8 Å². The second kappa shape index (κ2) is 7.01. The Hall–Kier alpha value is -0.940. The molecule has 19 heavy (non-hydrogen) atoms. The van der Waals surface area contributed by atoms with Crippen molar-refractivity contribution in [1.29, 1.82) is 0 Å². The summed E-state index contributed by atoms with van der Waals surface area (Å²) in [5, 5.41) is 3.53. The molecule has 0 fully saturated rings. The minimum absolute atomic E-state index is 0.0602. The second-order valence-electron chi connectivity index (χ2n) is 4.23. The van der Waals surface area contributed by atoms with Gasteiger partial charge in [-0.15, -0.1) is 0 Å². The highest BCUT2D eigenvalue weighted by atomic mass is 35.5. The monoisotopic (exact) mass is 295 g/mol. The number of methoxy groups -OCH3 is 1. The van der Waals surface area contributed by atoms with Crippen LogP contribution in [0, 0.1) is 0 Å². The Morgan fingerprint density at radius 1 is 1.37 bits per heavy atom. The van der Waals surface area contributed by atoms with Crippen LogP contribution in [-0.2, 0) is 0 Å². The van der Waals surface area contributed by atoms with E-state index in [1.54, 1.807) is 25.2 Å². The highest BCUT2D eigenvalue weighted by Gasteiger charge is 2.27. The van der Waals surface area contributed by atoms with E-state index < -0.39 is 12.6 Å². The predicted molar refractivity (Wildman–Crippen MR) is 69.7 cm³/mol. The van der Waals surface area contributed by atoms with Crippen LogP contribution in [-0.4, -0.2) is 20.3 Å². The van der Waals surface area contributed by atoms with Gasteiger partial charge in [0, 0.05) is 23.0 Å². The van der Waals surface area contributed by atoms with Crippen molar-refractivity contribution in [3.8, 4) is 5.75 Å². The third kappa shape index (κ3) is 5.28. The lowest BCUT2D eigenvalue weighted by atomic mass is 10.00. The Bertz CT molecular complexity index is 409. The summed E-state index contributed by atoms with van der Waals surface area (Å²) in [6, 6.07) is 4.91. The van der Waals surface area contributed by atoms with Crippen molar-refractivity contribution in [3.63, 3.8) is 0 Å². The smallest absolute Gasteiger partial charge is 0.389 e. The van der Waals surface area contributed by atoms with Crippen molar-refractivity contribution in [2.45, 2.75) is 31.5 Å². The van der Waals surface area contributed by atoms with Crippen LogP contribution in [0.2, 0.25) is 5.02 Å². The van der Waals surface area contributed by atoms with Crippen molar-refractivity contribution < 1.29 is 17.9 Å². The average molecular weight is 296 g/mol. The molecule has 0 spiro atoms. The van der Waals surface area contributed by atoms with Crippen LogP contribution in [0.3, 0.4) is 0 Å². The second-order valence-corrected chi connectivity index (χ2v) is 4.67. The van der Waals surface area contributed by atoms with Crippen molar-refractivity contribution in [1.82, 2.24) is 5.32 Å². The Kier molecular flexibility index (Phi) is 5.94. The minimum atomic E-state index is -4.11. The molecule has 0 amide bonds. The molecule has 108 valence electrons. The van der Waals surface area contributed by atoms with Gasteiger partial charge in [0.05, 0.1) is 7.11 Å². The maximum absolute atomic E-state index is 12.2. The number of nitrogens with one attached hydrogen (secondary N) is 1. The van der Waals surface area contributed by atoms with Gasteiger partial charge in [0.2, 0.25) is 0 Å². The lowest BCUT2D eigenvalue weighted by Crippen LogP contribution is -2.18. The summed E-state index contributed by atoms with van der Waals surface area (Å²) >= 11 is 5.92. The largest absolute Gasteiger partial charge is 0.496 e. The van der Waals surface area contributed by atoms with E-state index in [2.05, 4.69) is 5.32 Å². The van der Waals surface area contributed by atoms with Gasteiger partial charge in [0.15, 0.2) is 0 Å². The zero-order valence-electron chi connectivity index (χ0n) is 10.9. The zero-order chi connectivity index (χ0) is 14.5. The molecule has 0 aliphatic rings. The fourth-order valence-corrected chi connectivity index (χ4v) is 2.12. The summed E-state index contributed by atoms with van der Waals surface area (Å²) < 4.78 is 41.7. The van der Waals surface area contributed by atoms with Gasteiger partial charge in [0.1, 0.15) is 5.75 Å². The molecule has 1 aromatic rings. The van der Waals surface area contributed by atoms with E-state index in [-0.39, 0.29) is 12.5 Å². The summed E-state index contributed by atoms with van der Waals surface area (Å²) in [4.78, 5) is 0. The summed E-state index contributed by atoms with van der Waals surface area (Å²) in [6.07, 6.45) is -4.47. The summed E-state index contributed by atoms with van der Waals surface area (Å²) in [5.74, 6) is 0.621. The number of halogens is 4. The third-order valence-corrected chi connectivity index (χ3v) is 3.10. The van der Waals surface area contributed by atoms with E-state index in [0.717, 1.165) is 5.56 Å². The van der Waals surface area contributed by atoms with Crippen LogP contribution in [0.5, 0.6) is 5.75 Å². The number of benzene rings is 1. The Morgan fingerprint density at radius 2 is 2.05 bits per heavy atom. The van der Waals surface area contributed by atoms with Gasteiger partial charge in [-0.3, -0.25) is 0 Å². The fraction of sp³-hybridized carbons (Fsp3) is 0.538. The minimum Gasteiger partial charge on any atom is -0.496 e. The highest BCUT2D eigenvalue weighted by molar-refractivity contribution is 6.30. The van der Waals surface area contributed by atoms with Gasteiger partial charge in [-0.2, -0.15) is 13.2 Å². The van der Waals surface area contributed by atoms with Crippen LogP contribution in [0.1, 0.15) is 30.9 Å². The first-order valence-corrected chi connectivity index (χ1v) is 6.32. The standard InChI is InChI=1S/C13H17ClF3NO/c1-18-11(4-3-7-13(15,16)17)10-8-9(14)5-6-12(10)19-2/h5-6,8,11,18H,3-4,7H2,1-2H3. The summed E-state index contributed by atoms with van der Waals surface area (Å²) in [5.41, 5.74) is 0.777. The van der Waals surface area contributed by atoms with Crippen LogP contribution < -0.4 is 10.1 Å². The summed E-state index contributed by atoms with van der Waals surface area (Å²) in [7, 11) is 3.23. The normalized spacial score (nSPS) is 13.4. The fourth-order valence-electron chi connectivity index (χ4n) is 1.94. The molecule has 1 atom stereocenters. The zero-order valence-corrected chi connectivity index (χ0v) is 11.6. The quantitative estimate of drug-likeness (QED) is 0.843. The molecule has 1 N–H and O–H groups in total. The van der Waals surface area contributed by atoms with Gasteiger partial charge >= 0.3 is 6.18 Å². The Balaban J connectivity index is 2.76. The lowest BCUT2D eigenvalue weighted by Gasteiger charge is -2.20. The first-order chi connectivity index (χ1) is 8.87. The van der Waals surface area contributed by atoms with Crippen molar-refractivity contribution >= 4 is 11.6 Å². The topological polar surface area (TPSA) is 21.3 Å². The van der Waals surface area contributed by atoms with Gasteiger partial charge in [0.25, 0.3) is 0 Å². The molecular weight excluding hydrogens is 279 g/mol. The summed E-state index contributed by atoms with van der Waals surface area (Å²) in [6.45, 7) is 0. The van der Waals surface area contributed by atoms with Crippen LogP contribution in [0.4, 0.5) is 13.2 Å². The van der Waals surface area contributed by atoms with E-state index >= 15 is 0 Å². The van der Waals surface area contributed by atoms with Gasteiger partial charge in [-0.05, 0) is 38.1 Å². The third-order valence-electron chi connectivity index (χ3n) is 2.87. The molecular formula is C13H17ClF3NO. The maximum Gasteiger partial charge on any atom is 0.389 e. The molecule has 1 unspecified atom stereocenters. The highest BCUT2D eigenvalue weighted by Crippen LogP contribution is 2.32. The van der Waals surface area contributed by atoms with Gasteiger partial charge < -0.3 is 10.1 Å². The Labute approximate surface area is 115 Å². The molecule has 0 saturated heterocycles. The Morgan fingerprint density at radius 3 is 2.58 bits per heavy atom. The van der Waals surface area contributed by atoms with E-state index in [1.165, 1.54) is 7.11 Å². The molecule has 0 saturated carbocycles. The number of ether oxygens (including phenoxy) is 1. The van der Waals surface area contributed by atoms with Crippen molar-refractivity contribution in [2.24, 2.45) is 0 Å². The van der Waals surface area contributed by atoms with Crippen LogP contribution in [0.15, 0.2) is 18.2 Å². The van der Waals surface area contributed by atoms with E-state index in [4.69, 9.17) is 16.3 Å². The molecule has 0 radical (unpaired) electrons. The molecule has 1 aromatic carbocycles. The van der Waals surface area contributed by atoms with Gasteiger partial charge in [-0.25, -0.2) is 0 Å². The van der Waals surface area contributed by atoms with Crippen LogP contribution in [0.25, 0.3) is 0 Å². The SMILES string of the molecule is CNC(CCCC(F)(F)F)c1cc(Cl)ccc1OC. The number of rotatable bonds is 6. The molecule has 6 heteroatoms. The van der Waals surface area contributed by atoms with E-state index in [9.17, 15) is 13.2 Å². The van der Waals surface area contributed by atoms with Gasteiger partial charge in [-0.1, -0.05) is 11.6 Å². The molecule has 0 aromatic heterocycles. The van der Waals surface area contributed by atoms with E-state index in [0.29, 0.717) is 17.2 Å². The number of alkyl halides is 3. The molecule has 2 nitrogen and oxygen atoms in total. The molecule has 0 bridgehead atoms. The van der Waals surface area contributed by atoms with E-state index in [1.807, 2.05) is 0 Å². The molecule has 0 heterocycles. The van der Waals surface area contributed by atoms with Crippen molar-refractivity contribution in [2.75, 3.05) is 14.2 Å². The maximum atomic E-state index is 12.2. The number of hydrogen-bond acceptors (Lipinski definition) is 2. The average Bonchev–Trinajstić information content (AvgIpc) is 2.33. The van der Waals surface area contributed by atoms with Crippen LogP contribution >= 0.6 is 11.6 Å². The molecule has 0 aliphatic heterocycles. The predicted octanol–water partition coefficient (Wildman–Crippen LogP) is 4.34. The molecule has 1 rings (SSSR count). The number of hydrogen-bond donors (Lipinski definition) is 1. The first kappa shape index (κ1) is 16.1. The first-order valence-electron chi connectivity index (χ1n) is 5.95. The molecule has 0 aliphatic carbocycles. The lowest BCUT2D eigenvalue weighted by molar-refractivity contribution is -0.135.